The van der Waals surface area contributed by atoms with Crippen LogP contribution in [0.4, 0.5) is 8.78 Å². The van der Waals surface area contributed by atoms with Crippen LogP contribution in [0.5, 0.6) is 5.75 Å². The number of aromatic nitrogens is 1. The number of hydrogen-bond donors (Lipinski definition) is 0. The van der Waals surface area contributed by atoms with E-state index in [4.69, 9.17) is 4.74 Å². The largest absolute Gasteiger partial charge is 0.497 e. The molecule has 6 nitrogen and oxygen atoms in total. The predicted octanol–water partition coefficient (Wildman–Crippen LogP) is 4.60. The van der Waals surface area contributed by atoms with E-state index in [0.29, 0.717) is 48.4 Å². The monoisotopic (exact) mass is 493 g/mol. The molecule has 1 aliphatic rings. The lowest BCUT2D eigenvalue weighted by molar-refractivity contribution is 0.0521. The van der Waals surface area contributed by atoms with Crippen LogP contribution in [-0.4, -0.2) is 59.9 Å². The molecule has 1 aromatic heterocycles. The molecule has 3 aromatic rings. The molecule has 36 heavy (non-hydrogen) atoms. The van der Waals surface area contributed by atoms with Crippen molar-refractivity contribution in [3.05, 3.63) is 95.3 Å². The molecule has 0 aliphatic carbocycles. The first-order valence-corrected chi connectivity index (χ1v) is 11.9. The highest BCUT2D eigenvalue weighted by atomic mass is 19.1. The first-order valence-electron chi connectivity index (χ1n) is 11.9. The number of likely N-dealkylation sites (N-methyl/N-ethyl adjacent to an activating group) is 1. The second-order valence-corrected chi connectivity index (χ2v) is 9.02. The summed E-state index contributed by atoms with van der Waals surface area (Å²) in [5, 5.41) is 0. The zero-order chi connectivity index (χ0) is 25.7. The van der Waals surface area contributed by atoms with E-state index in [1.165, 1.54) is 18.3 Å². The molecule has 2 amide bonds. The Hall–Kier alpha value is -3.81. The fourth-order valence-corrected chi connectivity index (χ4v) is 4.78. The Bertz CT molecular complexity index is 1200. The number of amides is 2. The summed E-state index contributed by atoms with van der Waals surface area (Å²) in [6.07, 6.45) is 4.65. The molecule has 0 N–H and O–H groups in total. The van der Waals surface area contributed by atoms with Crippen molar-refractivity contribution in [1.82, 2.24) is 14.8 Å². The van der Waals surface area contributed by atoms with E-state index >= 15 is 0 Å². The number of nitrogens with zero attached hydrogens (tertiary/aromatic N) is 3. The zero-order valence-electron chi connectivity index (χ0n) is 20.4. The number of carbonyl (C=O) groups is 2. The van der Waals surface area contributed by atoms with Crippen LogP contribution in [0.15, 0.2) is 67.0 Å². The lowest BCUT2D eigenvalue weighted by Gasteiger charge is -2.40. The molecule has 0 spiro atoms. The molecule has 0 bridgehead atoms. The van der Waals surface area contributed by atoms with Gasteiger partial charge in [0, 0.05) is 50.2 Å². The van der Waals surface area contributed by atoms with Crippen molar-refractivity contribution < 1.29 is 23.1 Å². The van der Waals surface area contributed by atoms with Crippen molar-refractivity contribution in [2.45, 2.75) is 25.3 Å². The zero-order valence-corrected chi connectivity index (χ0v) is 20.4. The Morgan fingerprint density at radius 2 is 1.81 bits per heavy atom. The Morgan fingerprint density at radius 3 is 2.42 bits per heavy atom. The molecular weight excluding hydrogens is 464 g/mol. The molecule has 2 heterocycles. The Labute approximate surface area is 209 Å². The Morgan fingerprint density at radius 1 is 1.08 bits per heavy atom. The lowest BCUT2D eigenvalue weighted by atomic mass is 9.84. The van der Waals surface area contributed by atoms with E-state index in [9.17, 15) is 18.4 Å². The average Bonchev–Trinajstić information content (AvgIpc) is 2.92. The first-order chi connectivity index (χ1) is 17.4. The van der Waals surface area contributed by atoms with E-state index in [1.54, 1.807) is 66.6 Å². The van der Waals surface area contributed by atoms with Crippen molar-refractivity contribution in [2.75, 3.05) is 27.2 Å². The number of piperidine rings is 1. The highest BCUT2D eigenvalue weighted by Gasteiger charge is 2.34. The van der Waals surface area contributed by atoms with Crippen molar-refractivity contribution in [3.8, 4) is 5.75 Å². The van der Waals surface area contributed by atoms with Crippen LogP contribution in [0, 0.1) is 17.6 Å². The number of carbonyl (C=O) groups excluding carboxylic acids is 2. The van der Waals surface area contributed by atoms with Gasteiger partial charge >= 0.3 is 0 Å². The SMILES string of the molecule is COc1ccc(C(=O)N2CCC([C@@H](Cc3ccc(F)cc3F)N(C)C(=O)c3cccnc3)CC2)cc1. The van der Waals surface area contributed by atoms with Gasteiger partial charge in [0.15, 0.2) is 0 Å². The summed E-state index contributed by atoms with van der Waals surface area (Å²) in [4.78, 5) is 33.7. The maximum Gasteiger partial charge on any atom is 0.255 e. The standard InChI is InChI=1S/C28H29F2N3O3/c1-32(27(34)22-4-3-13-31-18-22)26(16-21-5-8-23(29)17-25(21)30)19-11-14-33(15-12-19)28(35)20-6-9-24(36-2)10-7-20/h3-10,13,17-19,26H,11-12,14-16H2,1-2H3/t26-/m1/s1. The predicted molar refractivity (Wildman–Crippen MR) is 132 cm³/mol. The van der Waals surface area contributed by atoms with Gasteiger partial charge in [-0.25, -0.2) is 8.78 Å². The molecule has 0 unspecified atom stereocenters. The first kappa shape index (κ1) is 25.3. The number of benzene rings is 2. The van der Waals surface area contributed by atoms with Gasteiger partial charge < -0.3 is 14.5 Å². The maximum atomic E-state index is 14.6. The van der Waals surface area contributed by atoms with E-state index in [0.717, 1.165) is 6.07 Å². The number of ether oxygens (including phenoxy) is 1. The van der Waals surface area contributed by atoms with Crippen LogP contribution in [-0.2, 0) is 6.42 Å². The fourth-order valence-electron chi connectivity index (χ4n) is 4.78. The topological polar surface area (TPSA) is 62.7 Å². The molecule has 4 rings (SSSR count). The third kappa shape index (κ3) is 5.70. The van der Waals surface area contributed by atoms with Crippen LogP contribution < -0.4 is 4.74 Å². The van der Waals surface area contributed by atoms with Gasteiger partial charge in [-0.2, -0.15) is 0 Å². The quantitative estimate of drug-likeness (QED) is 0.483. The Balaban J connectivity index is 1.51. The van der Waals surface area contributed by atoms with Crippen LogP contribution in [0.3, 0.4) is 0 Å². The number of hydrogen-bond acceptors (Lipinski definition) is 4. The summed E-state index contributed by atoms with van der Waals surface area (Å²) in [6, 6.07) is 13.6. The molecule has 8 heteroatoms. The fraction of sp³-hybridized carbons (Fsp3) is 0.321. The minimum atomic E-state index is -0.641. The number of rotatable bonds is 7. The van der Waals surface area contributed by atoms with E-state index in [-0.39, 0.29) is 30.2 Å². The van der Waals surface area contributed by atoms with E-state index in [1.807, 2.05) is 0 Å². The van der Waals surface area contributed by atoms with Gasteiger partial charge in [-0.1, -0.05) is 6.07 Å². The number of likely N-dealkylation sites (tertiary alicyclic amines) is 1. The lowest BCUT2D eigenvalue weighted by Crippen LogP contribution is -2.48. The second-order valence-electron chi connectivity index (χ2n) is 9.02. The second kappa shape index (κ2) is 11.3. The summed E-state index contributed by atoms with van der Waals surface area (Å²) in [7, 11) is 3.28. The molecule has 0 saturated carbocycles. The van der Waals surface area contributed by atoms with Crippen LogP contribution >= 0.6 is 0 Å². The van der Waals surface area contributed by atoms with Crippen LogP contribution in [0.1, 0.15) is 39.1 Å². The van der Waals surface area contributed by atoms with Crippen molar-refractivity contribution in [2.24, 2.45) is 5.92 Å². The number of halogens is 2. The molecule has 1 saturated heterocycles. The molecule has 2 aromatic carbocycles. The minimum Gasteiger partial charge on any atom is -0.497 e. The highest BCUT2D eigenvalue weighted by Crippen LogP contribution is 2.29. The number of pyridine rings is 1. The normalized spacial score (nSPS) is 14.8. The smallest absolute Gasteiger partial charge is 0.255 e. The summed E-state index contributed by atoms with van der Waals surface area (Å²) < 4.78 is 33.2. The van der Waals surface area contributed by atoms with Crippen molar-refractivity contribution in [1.29, 1.82) is 0 Å². The highest BCUT2D eigenvalue weighted by molar-refractivity contribution is 5.94. The van der Waals surface area contributed by atoms with Gasteiger partial charge in [-0.05, 0) is 73.2 Å². The average molecular weight is 494 g/mol. The van der Waals surface area contributed by atoms with Gasteiger partial charge in [0.05, 0.1) is 12.7 Å². The molecule has 1 fully saturated rings. The maximum absolute atomic E-state index is 14.6. The van der Waals surface area contributed by atoms with Crippen LogP contribution in [0.2, 0.25) is 0 Å². The molecule has 188 valence electrons. The van der Waals surface area contributed by atoms with Gasteiger partial charge in [0.25, 0.3) is 11.8 Å². The molecule has 0 radical (unpaired) electrons. The van der Waals surface area contributed by atoms with Gasteiger partial charge in [-0.3, -0.25) is 14.6 Å². The molecular formula is C28H29F2N3O3. The third-order valence-corrected chi connectivity index (χ3v) is 6.88. The summed E-state index contributed by atoms with van der Waals surface area (Å²) >= 11 is 0. The molecule has 1 atom stereocenters. The molecule has 1 aliphatic heterocycles. The van der Waals surface area contributed by atoms with Gasteiger partial charge in [0.1, 0.15) is 17.4 Å². The number of methoxy groups -OCH3 is 1. The summed E-state index contributed by atoms with van der Waals surface area (Å²) in [6.45, 7) is 1.04. The third-order valence-electron chi connectivity index (χ3n) is 6.88. The van der Waals surface area contributed by atoms with E-state index < -0.39 is 11.6 Å². The van der Waals surface area contributed by atoms with Gasteiger partial charge in [-0.15, -0.1) is 0 Å². The van der Waals surface area contributed by atoms with Crippen LogP contribution in [0.25, 0.3) is 0 Å². The van der Waals surface area contributed by atoms with E-state index in [2.05, 4.69) is 4.98 Å². The Kier molecular flexibility index (Phi) is 7.93. The van der Waals surface area contributed by atoms with Crippen molar-refractivity contribution >= 4 is 11.8 Å². The minimum absolute atomic E-state index is 0.0278. The van der Waals surface area contributed by atoms with Crippen molar-refractivity contribution in [3.63, 3.8) is 0 Å². The summed E-state index contributed by atoms with van der Waals surface area (Å²) in [5.41, 5.74) is 1.38. The summed E-state index contributed by atoms with van der Waals surface area (Å²) in [5.74, 6) is -0.834. The van der Waals surface area contributed by atoms with Gasteiger partial charge in [0.2, 0.25) is 0 Å².